The van der Waals surface area contributed by atoms with E-state index in [0.29, 0.717) is 17.9 Å². The van der Waals surface area contributed by atoms with Crippen molar-refractivity contribution in [2.45, 2.75) is 57.4 Å². The van der Waals surface area contributed by atoms with E-state index in [1.165, 1.54) is 60.9 Å². The van der Waals surface area contributed by atoms with Crippen LogP contribution in [0.2, 0.25) is 0 Å². The van der Waals surface area contributed by atoms with Crippen molar-refractivity contribution in [2.24, 2.45) is 11.7 Å². The van der Waals surface area contributed by atoms with Crippen molar-refractivity contribution in [1.29, 1.82) is 0 Å². The monoisotopic (exact) mass is 283 g/mol. The average Bonchev–Trinajstić information content (AvgIpc) is 3.27. The fourth-order valence-electron chi connectivity index (χ4n) is 4.04. The van der Waals surface area contributed by atoms with E-state index in [1.54, 1.807) is 0 Å². The molecule has 1 heterocycles. The molecular formula is C18H25N3. The Morgan fingerprint density at radius 1 is 1.19 bits per heavy atom. The molecule has 2 aromatic rings. The first-order valence-electron chi connectivity index (χ1n) is 8.46. The molecule has 2 unspecified atom stereocenters. The molecule has 2 atom stereocenters. The Bertz CT molecular complexity index is 654. The lowest BCUT2D eigenvalue weighted by Gasteiger charge is -2.30. The van der Waals surface area contributed by atoms with Gasteiger partial charge in [0.1, 0.15) is 5.82 Å². The summed E-state index contributed by atoms with van der Waals surface area (Å²) in [6.45, 7) is 2.95. The number of hydrogen-bond acceptors (Lipinski definition) is 2. The second-order valence-corrected chi connectivity index (χ2v) is 6.95. The standard InChI is InChI=1S/C18H25N3/c1-12-6-9-17-16(10-12)20-18(21(17)14-7-8-14)15-5-3-2-4-13(15)11-19/h6,9-10,13-15H,2-5,7-8,11,19H2,1H3. The van der Waals surface area contributed by atoms with Crippen molar-refractivity contribution in [1.82, 2.24) is 9.55 Å². The van der Waals surface area contributed by atoms with Gasteiger partial charge < -0.3 is 10.3 Å². The highest BCUT2D eigenvalue weighted by molar-refractivity contribution is 5.77. The highest BCUT2D eigenvalue weighted by atomic mass is 15.1. The van der Waals surface area contributed by atoms with Gasteiger partial charge in [-0.3, -0.25) is 0 Å². The number of rotatable bonds is 3. The predicted octanol–water partition coefficient (Wildman–Crippen LogP) is 3.91. The molecule has 2 saturated carbocycles. The highest BCUT2D eigenvalue weighted by Crippen LogP contribution is 2.44. The van der Waals surface area contributed by atoms with E-state index in [4.69, 9.17) is 10.7 Å². The van der Waals surface area contributed by atoms with Gasteiger partial charge in [0.15, 0.2) is 0 Å². The third-order valence-electron chi connectivity index (χ3n) is 5.33. The molecule has 2 N–H and O–H groups in total. The number of hydrogen-bond donors (Lipinski definition) is 1. The van der Waals surface area contributed by atoms with Gasteiger partial charge in [0, 0.05) is 12.0 Å². The Kier molecular flexibility index (Phi) is 3.26. The minimum atomic E-state index is 0.567. The third-order valence-corrected chi connectivity index (χ3v) is 5.33. The second kappa shape index (κ2) is 5.13. The average molecular weight is 283 g/mol. The first-order valence-corrected chi connectivity index (χ1v) is 8.46. The zero-order valence-corrected chi connectivity index (χ0v) is 12.9. The normalized spacial score (nSPS) is 26.4. The van der Waals surface area contributed by atoms with E-state index in [2.05, 4.69) is 29.7 Å². The lowest BCUT2D eigenvalue weighted by molar-refractivity contribution is 0.298. The quantitative estimate of drug-likeness (QED) is 0.928. The Balaban J connectivity index is 1.84. The van der Waals surface area contributed by atoms with Crippen LogP contribution in [0.3, 0.4) is 0 Å². The van der Waals surface area contributed by atoms with Crippen LogP contribution >= 0.6 is 0 Å². The van der Waals surface area contributed by atoms with Gasteiger partial charge >= 0.3 is 0 Å². The SMILES string of the molecule is Cc1ccc2c(c1)nc(C1CCCCC1CN)n2C1CC1. The van der Waals surface area contributed by atoms with E-state index < -0.39 is 0 Å². The zero-order valence-electron chi connectivity index (χ0n) is 12.9. The van der Waals surface area contributed by atoms with E-state index in [9.17, 15) is 0 Å². The molecule has 2 fully saturated rings. The Hall–Kier alpha value is -1.35. The van der Waals surface area contributed by atoms with Gasteiger partial charge in [-0.1, -0.05) is 18.9 Å². The molecule has 0 amide bonds. The lowest BCUT2D eigenvalue weighted by Crippen LogP contribution is -2.27. The van der Waals surface area contributed by atoms with E-state index >= 15 is 0 Å². The summed E-state index contributed by atoms with van der Waals surface area (Å²) in [6.07, 6.45) is 7.82. The van der Waals surface area contributed by atoms with Crippen molar-refractivity contribution in [2.75, 3.05) is 6.54 Å². The summed E-state index contributed by atoms with van der Waals surface area (Å²) >= 11 is 0. The van der Waals surface area contributed by atoms with Crippen molar-refractivity contribution >= 4 is 11.0 Å². The van der Waals surface area contributed by atoms with Crippen LogP contribution in [0.4, 0.5) is 0 Å². The largest absolute Gasteiger partial charge is 0.330 e. The Labute approximate surface area is 126 Å². The van der Waals surface area contributed by atoms with Crippen molar-refractivity contribution in [3.63, 3.8) is 0 Å². The molecule has 21 heavy (non-hydrogen) atoms. The van der Waals surface area contributed by atoms with Gasteiger partial charge in [-0.05, 0) is 62.8 Å². The molecule has 0 radical (unpaired) electrons. The van der Waals surface area contributed by atoms with Crippen LogP contribution < -0.4 is 5.73 Å². The summed E-state index contributed by atoms with van der Waals surface area (Å²) in [5, 5.41) is 0. The molecule has 0 bridgehead atoms. The molecule has 3 nitrogen and oxygen atoms in total. The summed E-state index contributed by atoms with van der Waals surface area (Å²) in [7, 11) is 0. The van der Waals surface area contributed by atoms with E-state index in [-0.39, 0.29) is 0 Å². The Morgan fingerprint density at radius 2 is 2.00 bits per heavy atom. The maximum absolute atomic E-state index is 6.05. The summed E-state index contributed by atoms with van der Waals surface area (Å²) in [5.41, 5.74) is 9.87. The van der Waals surface area contributed by atoms with Crippen LogP contribution in [0.1, 0.15) is 61.9 Å². The fraction of sp³-hybridized carbons (Fsp3) is 0.611. The summed E-state index contributed by atoms with van der Waals surface area (Å²) in [6, 6.07) is 7.40. The van der Waals surface area contributed by atoms with Crippen LogP contribution in [0.5, 0.6) is 0 Å². The number of nitrogens with two attached hydrogens (primary N) is 1. The van der Waals surface area contributed by atoms with E-state index in [0.717, 1.165) is 6.54 Å². The van der Waals surface area contributed by atoms with E-state index in [1.807, 2.05) is 0 Å². The molecule has 3 heteroatoms. The predicted molar refractivity (Wildman–Crippen MR) is 86.5 cm³/mol. The minimum Gasteiger partial charge on any atom is -0.330 e. The number of fused-ring (bicyclic) bond motifs is 1. The third kappa shape index (κ3) is 2.28. The molecular weight excluding hydrogens is 258 g/mol. The van der Waals surface area contributed by atoms with Gasteiger partial charge in [-0.25, -0.2) is 4.98 Å². The summed E-state index contributed by atoms with van der Waals surface area (Å²) in [4.78, 5) is 5.06. The molecule has 0 saturated heterocycles. The number of benzene rings is 1. The fourth-order valence-corrected chi connectivity index (χ4v) is 4.04. The zero-order chi connectivity index (χ0) is 14.4. The smallest absolute Gasteiger partial charge is 0.113 e. The summed E-state index contributed by atoms with van der Waals surface area (Å²) in [5.74, 6) is 2.51. The maximum atomic E-state index is 6.05. The van der Waals surface area contributed by atoms with Gasteiger partial charge in [0.25, 0.3) is 0 Å². The molecule has 1 aromatic carbocycles. The van der Waals surface area contributed by atoms with Crippen LogP contribution in [0, 0.1) is 12.8 Å². The maximum Gasteiger partial charge on any atom is 0.113 e. The molecule has 2 aliphatic rings. The van der Waals surface area contributed by atoms with Gasteiger partial charge in [0.05, 0.1) is 11.0 Å². The van der Waals surface area contributed by atoms with Gasteiger partial charge in [-0.15, -0.1) is 0 Å². The van der Waals surface area contributed by atoms with Crippen LogP contribution in [0.25, 0.3) is 11.0 Å². The van der Waals surface area contributed by atoms with Crippen molar-refractivity contribution < 1.29 is 0 Å². The molecule has 2 aliphatic carbocycles. The first-order chi connectivity index (χ1) is 10.3. The lowest BCUT2D eigenvalue weighted by atomic mass is 9.78. The van der Waals surface area contributed by atoms with Crippen LogP contribution in [0.15, 0.2) is 18.2 Å². The molecule has 0 spiro atoms. The minimum absolute atomic E-state index is 0.567. The Morgan fingerprint density at radius 3 is 2.76 bits per heavy atom. The molecule has 0 aliphatic heterocycles. The van der Waals surface area contributed by atoms with Crippen molar-refractivity contribution in [3.05, 3.63) is 29.6 Å². The number of nitrogens with zero attached hydrogens (tertiary/aromatic N) is 2. The number of imidazole rings is 1. The van der Waals surface area contributed by atoms with Gasteiger partial charge in [0.2, 0.25) is 0 Å². The number of aromatic nitrogens is 2. The van der Waals surface area contributed by atoms with Crippen molar-refractivity contribution in [3.8, 4) is 0 Å². The summed E-state index contributed by atoms with van der Waals surface area (Å²) < 4.78 is 2.55. The second-order valence-electron chi connectivity index (χ2n) is 6.95. The van der Waals surface area contributed by atoms with Crippen LogP contribution in [-0.4, -0.2) is 16.1 Å². The highest BCUT2D eigenvalue weighted by Gasteiger charge is 2.34. The topological polar surface area (TPSA) is 43.8 Å². The van der Waals surface area contributed by atoms with Gasteiger partial charge in [-0.2, -0.15) is 0 Å². The molecule has 1 aromatic heterocycles. The first kappa shape index (κ1) is 13.3. The van der Waals surface area contributed by atoms with Crippen LogP contribution in [-0.2, 0) is 0 Å². The molecule has 4 rings (SSSR count). The molecule has 112 valence electrons. The number of aryl methyl sites for hydroxylation is 1.